The first-order valence-corrected chi connectivity index (χ1v) is 6.45. The lowest BCUT2D eigenvalue weighted by Crippen LogP contribution is -2.29. The Morgan fingerprint density at radius 1 is 1.60 bits per heavy atom. The molecule has 0 saturated heterocycles. The van der Waals surface area contributed by atoms with Gasteiger partial charge >= 0.3 is 5.69 Å². The van der Waals surface area contributed by atoms with Crippen LogP contribution in [0, 0.1) is 24.0 Å². The molecule has 2 heterocycles. The molecule has 3 N–H and O–H groups in total. The Bertz CT molecular complexity index is 677. The van der Waals surface area contributed by atoms with Crippen LogP contribution in [0.25, 0.3) is 0 Å². The smallest absolute Gasteiger partial charge is 0.288 e. The second-order valence-corrected chi connectivity index (χ2v) is 4.91. The lowest BCUT2D eigenvalue weighted by molar-refractivity contribution is -0.386. The number of aromatic nitrogens is 3. The summed E-state index contributed by atoms with van der Waals surface area (Å²) in [6.45, 7) is 3.46. The first-order valence-electron chi connectivity index (χ1n) is 5.57. The summed E-state index contributed by atoms with van der Waals surface area (Å²) in [4.78, 5) is 25.8. The lowest BCUT2D eigenvalue weighted by atomic mass is 10.3. The number of carbonyl (C=O) groups excluding carboxylic acids is 1. The lowest BCUT2D eigenvalue weighted by Gasteiger charge is -2.00. The highest BCUT2D eigenvalue weighted by Crippen LogP contribution is 2.22. The van der Waals surface area contributed by atoms with Gasteiger partial charge in [-0.25, -0.2) is 10.8 Å². The van der Waals surface area contributed by atoms with E-state index in [2.05, 4.69) is 10.1 Å². The van der Waals surface area contributed by atoms with Crippen molar-refractivity contribution in [2.45, 2.75) is 20.4 Å². The number of nitro groups is 1. The largest absolute Gasteiger partial charge is 0.312 e. The van der Waals surface area contributed by atoms with Gasteiger partial charge in [0.2, 0.25) is 0 Å². The van der Waals surface area contributed by atoms with Crippen LogP contribution >= 0.6 is 11.3 Å². The summed E-state index contributed by atoms with van der Waals surface area (Å²) in [6.07, 6.45) is 0. The average molecular weight is 296 g/mol. The maximum Gasteiger partial charge on any atom is 0.312 e. The van der Waals surface area contributed by atoms with E-state index in [4.69, 9.17) is 5.84 Å². The highest BCUT2D eigenvalue weighted by molar-refractivity contribution is 7.11. The number of rotatable bonds is 4. The molecular weight excluding hydrogens is 284 g/mol. The van der Waals surface area contributed by atoms with Crippen molar-refractivity contribution in [2.24, 2.45) is 5.84 Å². The van der Waals surface area contributed by atoms with Crippen LogP contribution in [0.1, 0.15) is 26.9 Å². The summed E-state index contributed by atoms with van der Waals surface area (Å²) in [5, 5.41) is 16.9. The van der Waals surface area contributed by atoms with Gasteiger partial charge in [-0.3, -0.25) is 25.0 Å². The van der Waals surface area contributed by atoms with E-state index in [0.717, 1.165) is 11.3 Å². The van der Waals surface area contributed by atoms with Gasteiger partial charge in [-0.05, 0) is 13.8 Å². The quantitative estimate of drug-likeness (QED) is 0.366. The second kappa shape index (κ2) is 5.35. The molecule has 0 aromatic carbocycles. The monoisotopic (exact) mass is 296 g/mol. The molecule has 0 unspecified atom stereocenters. The van der Waals surface area contributed by atoms with Crippen molar-refractivity contribution >= 4 is 22.9 Å². The number of hydrogen-bond acceptors (Lipinski definition) is 7. The molecule has 106 valence electrons. The highest BCUT2D eigenvalue weighted by atomic mass is 32.1. The number of amides is 1. The zero-order valence-corrected chi connectivity index (χ0v) is 11.6. The van der Waals surface area contributed by atoms with E-state index >= 15 is 0 Å². The highest BCUT2D eigenvalue weighted by Gasteiger charge is 2.22. The minimum Gasteiger partial charge on any atom is -0.288 e. The van der Waals surface area contributed by atoms with Crippen molar-refractivity contribution in [2.75, 3.05) is 0 Å². The fraction of sp³-hybridized carbons (Fsp3) is 0.300. The van der Waals surface area contributed by atoms with Crippen LogP contribution < -0.4 is 11.3 Å². The third-order valence-electron chi connectivity index (χ3n) is 2.71. The topological polar surface area (TPSA) is 129 Å². The molecule has 0 bridgehead atoms. The van der Waals surface area contributed by atoms with E-state index < -0.39 is 10.8 Å². The van der Waals surface area contributed by atoms with E-state index in [9.17, 15) is 14.9 Å². The fourth-order valence-corrected chi connectivity index (χ4v) is 2.52. The van der Waals surface area contributed by atoms with E-state index in [-0.39, 0.29) is 17.2 Å². The van der Waals surface area contributed by atoms with Crippen molar-refractivity contribution in [3.8, 4) is 0 Å². The molecule has 0 spiro atoms. The Morgan fingerprint density at radius 3 is 2.85 bits per heavy atom. The maximum absolute atomic E-state index is 11.3. The molecule has 0 fully saturated rings. The molecule has 0 aliphatic carbocycles. The molecule has 0 atom stereocenters. The van der Waals surface area contributed by atoms with Gasteiger partial charge in [0, 0.05) is 5.38 Å². The molecule has 2 aromatic rings. The maximum atomic E-state index is 11.3. The molecule has 20 heavy (non-hydrogen) atoms. The van der Waals surface area contributed by atoms with E-state index in [1.165, 1.54) is 4.68 Å². The number of nitrogen functional groups attached to an aromatic ring is 1. The van der Waals surface area contributed by atoms with Gasteiger partial charge in [0.1, 0.15) is 11.4 Å². The van der Waals surface area contributed by atoms with Gasteiger partial charge in [0.05, 0.1) is 17.2 Å². The number of nitrogens with two attached hydrogens (primary N) is 1. The number of hydrogen-bond donors (Lipinski definition) is 2. The van der Waals surface area contributed by atoms with Gasteiger partial charge < -0.3 is 0 Å². The standard InChI is InChI=1S/C10H12N6O3S/c1-5-8(16(18)19)6(2)15(14-5)3-7-4-20-10(12-7)9(17)13-11/h4H,3,11H2,1-2H3,(H,13,17). The van der Waals surface area contributed by atoms with Crippen LogP contribution in [0.4, 0.5) is 5.69 Å². The van der Waals surface area contributed by atoms with E-state index in [1.807, 2.05) is 5.43 Å². The van der Waals surface area contributed by atoms with Crippen molar-refractivity contribution < 1.29 is 9.72 Å². The van der Waals surface area contributed by atoms with Crippen molar-refractivity contribution in [3.05, 3.63) is 37.6 Å². The van der Waals surface area contributed by atoms with Crippen LogP contribution in [0.2, 0.25) is 0 Å². The van der Waals surface area contributed by atoms with Crippen LogP contribution in [0.5, 0.6) is 0 Å². The van der Waals surface area contributed by atoms with Crippen LogP contribution in [0.15, 0.2) is 5.38 Å². The minimum absolute atomic E-state index is 0.000143. The molecule has 10 heteroatoms. The van der Waals surface area contributed by atoms with E-state index in [1.54, 1.807) is 19.2 Å². The third-order valence-corrected chi connectivity index (χ3v) is 3.60. The normalized spacial score (nSPS) is 10.6. The molecule has 0 saturated carbocycles. The molecule has 2 rings (SSSR count). The SMILES string of the molecule is Cc1nn(Cc2csc(C(=O)NN)n2)c(C)c1[N+](=O)[O-]. The molecule has 9 nitrogen and oxygen atoms in total. The zero-order chi connectivity index (χ0) is 14.9. The van der Waals surface area contributed by atoms with Crippen molar-refractivity contribution in [1.82, 2.24) is 20.2 Å². The first-order chi connectivity index (χ1) is 9.43. The predicted octanol–water partition coefficient (Wildman–Crippen LogP) is 0.516. The Kier molecular flexibility index (Phi) is 3.77. The average Bonchev–Trinajstić information content (AvgIpc) is 2.95. The Labute approximate surface area is 117 Å². The molecule has 0 radical (unpaired) electrons. The molecule has 1 amide bonds. The van der Waals surface area contributed by atoms with E-state index in [0.29, 0.717) is 17.1 Å². The van der Waals surface area contributed by atoms with Gasteiger partial charge in [-0.2, -0.15) is 5.10 Å². The van der Waals surface area contributed by atoms with Gasteiger partial charge in [-0.15, -0.1) is 11.3 Å². The number of nitrogens with zero attached hydrogens (tertiary/aromatic N) is 4. The Hall–Kier alpha value is -2.33. The second-order valence-electron chi connectivity index (χ2n) is 4.05. The van der Waals surface area contributed by atoms with Gasteiger partial charge in [0.15, 0.2) is 5.01 Å². The van der Waals surface area contributed by atoms with Gasteiger partial charge in [0.25, 0.3) is 5.91 Å². The Balaban J connectivity index is 2.27. The predicted molar refractivity (Wildman–Crippen MR) is 71.2 cm³/mol. The summed E-state index contributed by atoms with van der Waals surface area (Å²) in [5.74, 6) is 4.55. The zero-order valence-electron chi connectivity index (χ0n) is 10.8. The fourth-order valence-electron chi connectivity index (χ4n) is 1.80. The number of aryl methyl sites for hydroxylation is 1. The minimum atomic E-state index is -0.472. The summed E-state index contributed by atoms with van der Waals surface area (Å²) in [7, 11) is 0. The van der Waals surface area contributed by atoms with Crippen LogP contribution in [0.3, 0.4) is 0 Å². The molecule has 2 aromatic heterocycles. The molecular formula is C10H12N6O3S. The number of hydrazine groups is 1. The first kappa shape index (κ1) is 14.1. The van der Waals surface area contributed by atoms with Crippen molar-refractivity contribution in [1.29, 1.82) is 0 Å². The summed E-state index contributed by atoms with van der Waals surface area (Å²) < 4.78 is 1.49. The Morgan fingerprint density at radius 2 is 2.30 bits per heavy atom. The van der Waals surface area contributed by atoms with Gasteiger partial charge in [-0.1, -0.05) is 0 Å². The third kappa shape index (κ3) is 2.51. The van der Waals surface area contributed by atoms with Crippen LogP contribution in [-0.4, -0.2) is 25.6 Å². The summed E-state index contributed by atoms with van der Waals surface area (Å²) in [6, 6.07) is 0. The molecule has 0 aliphatic heterocycles. The number of carbonyl (C=O) groups is 1. The van der Waals surface area contributed by atoms with Crippen molar-refractivity contribution in [3.63, 3.8) is 0 Å². The summed E-state index contributed by atoms with van der Waals surface area (Å²) >= 11 is 1.15. The molecule has 0 aliphatic rings. The number of nitrogens with one attached hydrogen (secondary N) is 1. The summed E-state index contributed by atoms with van der Waals surface area (Å²) in [5.41, 5.74) is 3.39. The van der Waals surface area contributed by atoms with Crippen LogP contribution in [-0.2, 0) is 6.54 Å². The number of thiazole rings is 1.